The zero-order valence-corrected chi connectivity index (χ0v) is 8.57. The maximum atomic E-state index is 12.6. The van der Waals surface area contributed by atoms with E-state index in [0.717, 1.165) is 5.56 Å². The quantitative estimate of drug-likeness (QED) is 0.758. The summed E-state index contributed by atoms with van der Waals surface area (Å²) >= 11 is 0. The van der Waals surface area contributed by atoms with E-state index in [2.05, 4.69) is 4.98 Å². The third kappa shape index (κ3) is 1.50. The van der Waals surface area contributed by atoms with Gasteiger partial charge in [-0.05, 0) is 17.0 Å². The number of halogens is 1. The molecule has 0 saturated heterocycles. The van der Waals surface area contributed by atoms with Crippen LogP contribution in [0.5, 0.6) is 0 Å². The highest BCUT2D eigenvalue weighted by Crippen LogP contribution is 2.64. The molecule has 2 rings (SSSR count). The molecule has 0 spiro atoms. The summed E-state index contributed by atoms with van der Waals surface area (Å²) in [6.07, 6.45) is 1.42. The molecule has 1 saturated carbocycles. The van der Waals surface area contributed by atoms with Crippen molar-refractivity contribution in [2.24, 2.45) is 11.3 Å². The van der Waals surface area contributed by atoms with Crippen LogP contribution in [0.1, 0.15) is 25.3 Å². The van der Waals surface area contributed by atoms with E-state index >= 15 is 0 Å². The van der Waals surface area contributed by atoms with Crippen LogP contribution in [-0.2, 0) is 4.79 Å². The van der Waals surface area contributed by atoms with Gasteiger partial charge >= 0.3 is 5.97 Å². The first kappa shape index (κ1) is 10.1. The SMILES string of the molecule is CC1(C)[C@H](C(=O)O)[C@H]1c1ccc(F)nc1. The van der Waals surface area contributed by atoms with Crippen LogP contribution in [0.25, 0.3) is 0 Å². The molecule has 80 valence electrons. The summed E-state index contributed by atoms with van der Waals surface area (Å²) in [5.74, 6) is -1.77. The van der Waals surface area contributed by atoms with Crippen molar-refractivity contribution in [3.63, 3.8) is 0 Å². The lowest BCUT2D eigenvalue weighted by Gasteiger charge is -2.01. The molecule has 1 heterocycles. The van der Waals surface area contributed by atoms with E-state index in [0.29, 0.717) is 0 Å². The molecule has 3 nitrogen and oxygen atoms in total. The van der Waals surface area contributed by atoms with E-state index in [1.807, 2.05) is 13.8 Å². The summed E-state index contributed by atoms with van der Waals surface area (Å²) in [5, 5.41) is 8.98. The number of hydrogen-bond acceptors (Lipinski definition) is 2. The normalized spacial score (nSPS) is 27.4. The fourth-order valence-corrected chi connectivity index (χ4v) is 2.29. The van der Waals surface area contributed by atoms with Gasteiger partial charge in [0.1, 0.15) is 0 Å². The van der Waals surface area contributed by atoms with Gasteiger partial charge in [-0.2, -0.15) is 4.39 Å². The van der Waals surface area contributed by atoms with Gasteiger partial charge in [0, 0.05) is 12.1 Å². The predicted octanol–water partition coefficient (Wildman–Crippen LogP) is 2.04. The molecule has 1 aromatic heterocycles. The molecular weight excluding hydrogens is 197 g/mol. The minimum Gasteiger partial charge on any atom is -0.481 e. The standard InChI is InChI=1S/C11H12FNO2/c1-11(2)8(9(11)10(14)15)6-3-4-7(12)13-5-6/h3-5,8-9H,1-2H3,(H,14,15)/t8-,9+/m1/s1. The molecule has 0 aromatic carbocycles. The zero-order chi connectivity index (χ0) is 11.2. The van der Waals surface area contributed by atoms with Crippen molar-refractivity contribution in [2.45, 2.75) is 19.8 Å². The Labute approximate surface area is 87.0 Å². The molecule has 0 unspecified atom stereocenters. The second-order valence-electron chi connectivity index (χ2n) is 4.53. The first-order valence-electron chi connectivity index (χ1n) is 4.79. The number of rotatable bonds is 2. The molecule has 1 aliphatic rings. The number of carboxylic acid groups (broad SMARTS) is 1. The van der Waals surface area contributed by atoms with Crippen LogP contribution >= 0.6 is 0 Å². The van der Waals surface area contributed by atoms with E-state index < -0.39 is 11.9 Å². The lowest BCUT2D eigenvalue weighted by molar-refractivity contribution is -0.139. The Morgan fingerprint density at radius 1 is 1.53 bits per heavy atom. The van der Waals surface area contributed by atoms with E-state index in [9.17, 15) is 9.18 Å². The van der Waals surface area contributed by atoms with Gasteiger partial charge in [0.2, 0.25) is 5.95 Å². The fraction of sp³-hybridized carbons (Fsp3) is 0.455. The van der Waals surface area contributed by atoms with E-state index in [1.54, 1.807) is 6.07 Å². The first-order valence-corrected chi connectivity index (χ1v) is 4.79. The molecule has 2 atom stereocenters. The molecule has 0 radical (unpaired) electrons. The lowest BCUT2D eigenvalue weighted by Crippen LogP contribution is -2.03. The fourth-order valence-electron chi connectivity index (χ4n) is 2.29. The molecule has 1 aromatic rings. The predicted molar refractivity (Wildman–Crippen MR) is 51.8 cm³/mol. The maximum absolute atomic E-state index is 12.6. The Morgan fingerprint density at radius 3 is 2.60 bits per heavy atom. The third-order valence-electron chi connectivity index (χ3n) is 3.20. The highest BCUT2D eigenvalue weighted by atomic mass is 19.1. The number of carboxylic acids is 1. The number of aliphatic carboxylic acids is 1. The molecule has 4 heteroatoms. The van der Waals surface area contributed by atoms with Crippen LogP contribution in [0, 0.1) is 17.3 Å². The molecule has 0 amide bonds. The molecule has 0 aliphatic heterocycles. The summed E-state index contributed by atoms with van der Waals surface area (Å²) in [4.78, 5) is 14.5. The number of pyridine rings is 1. The van der Waals surface area contributed by atoms with Crippen LogP contribution in [0.2, 0.25) is 0 Å². The van der Waals surface area contributed by atoms with Crippen molar-refractivity contribution in [2.75, 3.05) is 0 Å². The molecule has 15 heavy (non-hydrogen) atoms. The Kier molecular flexibility index (Phi) is 2.03. The summed E-state index contributed by atoms with van der Waals surface area (Å²) in [5.41, 5.74) is 0.541. The van der Waals surface area contributed by atoms with Gasteiger partial charge < -0.3 is 5.11 Å². The number of aromatic nitrogens is 1. The monoisotopic (exact) mass is 209 g/mol. The molecule has 1 fully saturated rings. The van der Waals surface area contributed by atoms with E-state index in [-0.39, 0.29) is 17.3 Å². The van der Waals surface area contributed by atoms with Crippen LogP contribution in [0.4, 0.5) is 4.39 Å². The average molecular weight is 209 g/mol. The topological polar surface area (TPSA) is 50.2 Å². The third-order valence-corrected chi connectivity index (χ3v) is 3.20. The largest absolute Gasteiger partial charge is 0.481 e. The average Bonchev–Trinajstić information content (AvgIpc) is 2.70. The summed E-state index contributed by atoms with van der Waals surface area (Å²) < 4.78 is 12.6. The maximum Gasteiger partial charge on any atom is 0.307 e. The molecule has 1 aliphatic carbocycles. The van der Waals surface area contributed by atoms with Gasteiger partial charge in [0.25, 0.3) is 0 Å². The van der Waals surface area contributed by atoms with E-state index in [1.165, 1.54) is 12.3 Å². The molecular formula is C11H12FNO2. The Morgan fingerprint density at radius 2 is 2.20 bits per heavy atom. The van der Waals surface area contributed by atoms with Crippen molar-refractivity contribution in [1.29, 1.82) is 0 Å². The smallest absolute Gasteiger partial charge is 0.307 e. The molecule has 0 bridgehead atoms. The van der Waals surface area contributed by atoms with Gasteiger partial charge in [-0.3, -0.25) is 4.79 Å². The summed E-state index contributed by atoms with van der Waals surface area (Å²) in [7, 11) is 0. The Hall–Kier alpha value is -1.45. The minimum atomic E-state index is -0.797. The van der Waals surface area contributed by atoms with Gasteiger partial charge in [0.05, 0.1) is 5.92 Å². The number of nitrogens with zero attached hydrogens (tertiary/aromatic N) is 1. The highest BCUT2D eigenvalue weighted by Gasteiger charge is 2.62. The van der Waals surface area contributed by atoms with Crippen molar-refractivity contribution < 1.29 is 14.3 Å². The Balaban J connectivity index is 2.27. The van der Waals surface area contributed by atoms with Gasteiger partial charge in [-0.1, -0.05) is 19.9 Å². The van der Waals surface area contributed by atoms with Crippen LogP contribution in [0.3, 0.4) is 0 Å². The van der Waals surface area contributed by atoms with Gasteiger partial charge in [-0.15, -0.1) is 0 Å². The highest BCUT2D eigenvalue weighted by molar-refractivity contribution is 5.77. The number of hydrogen-bond donors (Lipinski definition) is 1. The second-order valence-corrected chi connectivity index (χ2v) is 4.53. The van der Waals surface area contributed by atoms with Gasteiger partial charge in [-0.25, -0.2) is 4.98 Å². The van der Waals surface area contributed by atoms with Crippen molar-refractivity contribution in [3.8, 4) is 0 Å². The molecule has 1 N–H and O–H groups in total. The van der Waals surface area contributed by atoms with E-state index in [4.69, 9.17) is 5.11 Å². The van der Waals surface area contributed by atoms with Gasteiger partial charge in [0.15, 0.2) is 0 Å². The summed E-state index contributed by atoms with van der Waals surface area (Å²) in [6, 6.07) is 2.88. The minimum absolute atomic E-state index is 0.0527. The summed E-state index contributed by atoms with van der Waals surface area (Å²) in [6.45, 7) is 3.81. The van der Waals surface area contributed by atoms with Crippen molar-refractivity contribution in [1.82, 2.24) is 4.98 Å². The van der Waals surface area contributed by atoms with Crippen LogP contribution in [-0.4, -0.2) is 16.1 Å². The first-order chi connectivity index (χ1) is 6.94. The zero-order valence-electron chi connectivity index (χ0n) is 8.57. The Bertz CT molecular complexity index is 400. The second kappa shape index (κ2) is 3.02. The van der Waals surface area contributed by atoms with Crippen molar-refractivity contribution in [3.05, 3.63) is 29.8 Å². The van der Waals surface area contributed by atoms with Crippen molar-refractivity contribution >= 4 is 5.97 Å². The lowest BCUT2D eigenvalue weighted by atomic mass is 10.1. The van der Waals surface area contributed by atoms with Crippen LogP contribution < -0.4 is 0 Å². The van der Waals surface area contributed by atoms with Crippen LogP contribution in [0.15, 0.2) is 18.3 Å². The number of carbonyl (C=O) groups is 1.